The van der Waals surface area contributed by atoms with Crippen molar-refractivity contribution in [1.82, 2.24) is 19.7 Å². The third kappa shape index (κ3) is 3.69. The number of rotatable bonds is 6. The minimum atomic E-state index is 0.513. The number of nitrogen functional groups attached to an aromatic ring is 1. The van der Waals surface area contributed by atoms with Crippen LogP contribution in [0.2, 0.25) is 5.02 Å². The van der Waals surface area contributed by atoms with Gasteiger partial charge in [0.05, 0.1) is 23.4 Å². The fourth-order valence-corrected chi connectivity index (χ4v) is 5.19. The Labute approximate surface area is 185 Å². The Morgan fingerprint density at radius 2 is 1.97 bits per heavy atom. The Bertz CT molecular complexity index is 1300. The molecular weight excluding hydrogens is 438 g/mol. The second kappa shape index (κ2) is 8.14. The molecule has 30 heavy (non-hydrogen) atoms. The zero-order valence-electron chi connectivity index (χ0n) is 15.7. The van der Waals surface area contributed by atoms with Gasteiger partial charge in [0.2, 0.25) is 0 Å². The molecule has 0 saturated carbocycles. The van der Waals surface area contributed by atoms with Crippen LogP contribution in [0.15, 0.2) is 70.6 Å². The number of thioether (sulfide) groups is 1. The van der Waals surface area contributed by atoms with Gasteiger partial charge in [-0.3, -0.25) is 4.57 Å². The van der Waals surface area contributed by atoms with Crippen LogP contribution in [-0.4, -0.2) is 19.7 Å². The molecule has 0 aliphatic carbocycles. The van der Waals surface area contributed by atoms with Crippen molar-refractivity contribution in [3.8, 4) is 10.7 Å². The maximum Gasteiger partial charge on any atom is 0.192 e. The van der Waals surface area contributed by atoms with Gasteiger partial charge in [-0.25, -0.2) is 4.98 Å². The standard InChI is InChI=1S/C21H16ClN5OS2/c22-14-7-5-13(6-8-14)12-29-21-26-25-19(27(21)11-15-3-2-10-28-15)18-17(23)16-4-1-9-24-20(16)30-18/h1-10H,11-12,23H2. The van der Waals surface area contributed by atoms with E-state index in [-0.39, 0.29) is 0 Å². The summed E-state index contributed by atoms with van der Waals surface area (Å²) in [6, 6.07) is 15.5. The monoisotopic (exact) mass is 453 g/mol. The van der Waals surface area contributed by atoms with Gasteiger partial charge in [-0.1, -0.05) is 35.5 Å². The first-order chi connectivity index (χ1) is 14.7. The number of pyridine rings is 1. The molecule has 9 heteroatoms. The molecule has 5 rings (SSSR count). The highest BCUT2D eigenvalue weighted by molar-refractivity contribution is 7.98. The lowest BCUT2D eigenvalue weighted by Crippen LogP contribution is -2.03. The molecule has 0 radical (unpaired) electrons. The van der Waals surface area contributed by atoms with Crippen LogP contribution in [0.3, 0.4) is 0 Å². The summed E-state index contributed by atoms with van der Waals surface area (Å²) >= 11 is 9.12. The third-order valence-corrected chi connectivity index (χ3v) is 7.02. The maximum atomic E-state index is 6.45. The molecule has 0 fully saturated rings. The van der Waals surface area contributed by atoms with Crippen LogP contribution in [0, 0.1) is 0 Å². The van der Waals surface area contributed by atoms with Gasteiger partial charge in [0, 0.05) is 22.4 Å². The van der Waals surface area contributed by atoms with E-state index >= 15 is 0 Å². The molecule has 4 aromatic heterocycles. The van der Waals surface area contributed by atoms with Crippen LogP contribution in [-0.2, 0) is 12.3 Å². The van der Waals surface area contributed by atoms with E-state index in [0.717, 1.165) is 42.3 Å². The Balaban J connectivity index is 1.53. The molecule has 5 aromatic rings. The van der Waals surface area contributed by atoms with E-state index in [4.69, 9.17) is 21.8 Å². The van der Waals surface area contributed by atoms with Crippen LogP contribution in [0.5, 0.6) is 0 Å². The van der Waals surface area contributed by atoms with Gasteiger partial charge in [-0.15, -0.1) is 21.5 Å². The molecular formula is C21H16ClN5OS2. The summed E-state index contributed by atoms with van der Waals surface area (Å²) in [7, 11) is 0. The molecule has 0 unspecified atom stereocenters. The largest absolute Gasteiger partial charge is 0.467 e. The number of nitrogens with zero attached hydrogens (tertiary/aromatic N) is 4. The predicted molar refractivity (Wildman–Crippen MR) is 122 cm³/mol. The van der Waals surface area contributed by atoms with Crippen molar-refractivity contribution in [2.24, 2.45) is 0 Å². The molecule has 1 aromatic carbocycles. The summed E-state index contributed by atoms with van der Waals surface area (Å²) in [4.78, 5) is 6.17. The number of benzene rings is 1. The molecule has 4 heterocycles. The Morgan fingerprint density at radius 3 is 2.73 bits per heavy atom. The zero-order valence-corrected chi connectivity index (χ0v) is 18.0. The van der Waals surface area contributed by atoms with E-state index in [1.807, 2.05) is 53.1 Å². The number of hydrogen-bond acceptors (Lipinski definition) is 7. The number of anilines is 1. The number of furan rings is 1. The number of halogens is 1. The molecule has 0 atom stereocenters. The highest BCUT2D eigenvalue weighted by atomic mass is 35.5. The molecule has 0 saturated heterocycles. The van der Waals surface area contributed by atoms with Crippen molar-refractivity contribution in [1.29, 1.82) is 0 Å². The number of hydrogen-bond donors (Lipinski definition) is 1. The molecule has 0 amide bonds. The van der Waals surface area contributed by atoms with Gasteiger partial charge in [0.25, 0.3) is 0 Å². The van der Waals surface area contributed by atoms with Gasteiger partial charge < -0.3 is 10.2 Å². The van der Waals surface area contributed by atoms with Gasteiger partial charge in [0.1, 0.15) is 10.6 Å². The summed E-state index contributed by atoms with van der Waals surface area (Å²) in [5.74, 6) is 2.28. The SMILES string of the molecule is Nc1c(-c2nnc(SCc3ccc(Cl)cc3)n2Cc2ccco2)sc2ncccc12. The Hall–Kier alpha value is -2.81. The van der Waals surface area contributed by atoms with Gasteiger partial charge >= 0.3 is 0 Å². The van der Waals surface area contributed by atoms with Crippen molar-refractivity contribution < 1.29 is 4.42 Å². The molecule has 0 bridgehead atoms. The zero-order chi connectivity index (χ0) is 20.5. The third-order valence-electron chi connectivity index (χ3n) is 4.60. The summed E-state index contributed by atoms with van der Waals surface area (Å²) in [5, 5.41) is 11.4. The lowest BCUT2D eigenvalue weighted by atomic mass is 10.2. The fraction of sp³-hybridized carbons (Fsp3) is 0.0952. The van der Waals surface area contributed by atoms with Crippen LogP contribution < -0.4 is 5.73 Å². The number of fused-ring (bicyclic) bond motifs is 1. The number of nitrogens with two attached hydrogens (primary N) is 1. The van der Waals surface area contributed by atoms with E-state index < -0.39 is 0 Å². The highest BCUT2D eigenvalue weighted by Gasteiger charge is 2.21. The average molecular weight is 454 g/mol. The van der Waals surface area contributed by atoms with Crippen LogP contribution >= 0.6 is 34.7 Å². The van der Waals surface area contributed by atoms with E-state index in [0.29, 0.717) is 18.1 Å². The van der Waals surface area contributed by atoms with Gasteiger partial charge in [0.15, 0.2) is 11.0 Å². The summed E-state index contributed by atoms with van der Waals surface area (Å²) in [5.41, 5.74) is 8.28. The lowest BCUT2D eigenvalue weighted by molar-refractivity contribution is 0.485. The Kier molecular flexibility index (Phi) is 5.20. The normalized spacial score (nSPS) is 11.4. The van der Waals surface area contributed by atoms with Crippen molar-refractivity contribution >= 4 is 50.6 Å². The van der Waals surface area contributed by atoms with Gasteiger partial charge in [-0.2, -0.15) is 0 Å². The van der Waals surface area contributed by atoms with E-state index in [1.165, 1.54) is 11.3 Å². The lowest BCUT2D eigenvalue weighted by Gasteiger charge is -2.08. The van der Waals surface area contributed by atoms with Gasteiger partial charge in [-0.05, 0) is 42.0 Å². The Morgan fingerprint density at radius 1 is 1.10 bits per heavy atom. The highest BCUT2D eigenvalue weighted by Crippen LogP contribution is 2.40. The minimum Gasteiger partial charge on any atom is -0.467 e. The second-order valence-corrected chi connectivity index (χ2v) is 8.97. The smallest absolute Gasteiger partial charge is 0.192 e. The van der Waals surface area contributed by atoms with Crippen LogP contribution in [0.4, 0.5) is 5.69 Å². The molecule has 0 spiro atoms. The second-order valence-electron chi connectivity index (χ2n) is 6.59. The van der Waals surface area contributed by atoms with Crippen LogP contribution in [0.25, 0.3) is 20.9 Å². The van der Waals surface area contributed by atoms with Crippen LogP contribution in [0.1, 0.15) is 11.3 Å². The average Bonchev–Trinajstić information content (AvgIpc) is 3.49. The summed E-state index contributed by atoms with van der Waals surface area (Å²) < 4.78 is 7.62. The fourth-order valence-electron chi connectivity index (χ4n) is 3.11. The van der Waals surface area contributed by atoms with Crippen molar-refractivity contribution in [3.63, 3.8) is 0 Å². The molecule has 0 aliphatic rings. The maximum absolute atomic E-state index is 6.45. The first kappa shape index (κ1) is 19.2. The van der Waals surface area contributed by atoms with E-state index in [2.05, 4.69) is 15.2 Å². The van der Waals surface area contributed by atoms with Crippen molar-refractivity contribution in [3.05, 3.63) is 77.3 Å². The number of thiophene rings is 1. The van der Waals surface area contributed by atoms with E-state index in [1.54, 1.807) is 24.2 Å². The predicted octanol–water partition coefficient (Wildman–Crippen LogP) is 5.72. The van der Waals surface area contributed by atoms with Crippen molar-refractivity contribution in [2.75, 3.05) is 5.73 Å². The topological polar surface area (TPSA) is 82.8 Å². The molecule has 2 N–H and O–H groups in total. The molecule has 0 aliphatic heterocycles. The quantitative estimate of drug-likeness (QED) is 0.331. The first-order valence-electron chi connectivity index (χ1n) is 9.15. The molecule has 150 valence electrons. The van der Waals surface area contributed by atoms with E-state index in [9.17, 15) is 0 Å². The minimum absolute atomic E-state index is 0.513. The summed E-state index contributed by atoms with van der Waals surface area (Å²) in [6.45, 7) is 0.513. The number of aromatic nitrogens is 4. The van der Waals surface area contributed by atoms with Crippen molar-refractivity contribution in [2.45, 2.75) is 17.5 Å². The summed E-state index contributed by atoms with van der Waals surface area (Å²) in [6.07, 6.45) is 3.43. The molecule has 6 nitrogen and oxygen atoms in total. The first-order valence-corrected chi connectivity index (χ1v) is 11.3.